The van der Waals surface area contributed by atoms with Crippen LogP contribution in [0, 0.1) is 11.8 Å². The first-order valence-electron chi connectivity index (χ1n) is 13.3. The average Bonchev–Trinajstić information content (AvgIpc) is 3.53. The minimum Gasteiger partial charge on any atom is -0.299 e. The lowest BCUT2D eigenvalue weighted by Crippen LogP contribution is -2.28. The van der Waals surface area contributed by atoms with E-state index >= 15 is 0 Å². The van der Waals surface area contributed by atoms with Crippen molar-refractivity contribution in [1.29, 1.82) is 0 Å². The van der Waals surface area contributed by atoms with Crippen molar-refractivity contribution in [1.82, 2.24) is 29.8 Å². The molecule has 2 aromatic carbocycles. The number of nitrogens with zero attached hydrogens (tertiary/aromatic N) is 5. The molecule has 1 aliphatic rings. The molecule has 0 radical (unpaired) electrons. The van der Waals surface area contributed by atoms with Crippen molar-refractivity contribution < 1.29 is 0 Å². The molecule has 0 saturated heterocycles. The summed E-state index contributed by atoms with van der Waals surface area (Å²) < 4.78 is 3.98. The van der Waals surface area contributed by atoms with Gasteiger partial charge in [0.05, 0.1) is 6.54 Å². The van der Waals surface area contributed by atoms with Gasteiger partial charge in [-0.3, -0.25) is 9.13 Å². The van der Waals surface area contributed by atoms with Gasteiger partial charge in [0.2, 0.25) is 0 Å². The molecule has 0 bridgehead atoms. The molecule has 0 spiro atoms. The first-order chi connectivity index (χ1) is 17.6. The molecule has 5 rings (SSSR count). The van der Waals surface area contributed by atoms with Crippen LogP contribution in [0.4, 0.5) is 0 Å². The fraction of sp³-hybridized carbons (Fsp3) is 0.448. The van der Waals surface area contributed by atoms with E-state index in [0.29, 0.717) is 24.2 Å². The summed E-state index contributed by atoms with van der Waals surface area (Å²) in [5.74, 6) is 1.88. The number of hydrogen-bond acceptors (Lipinski definition) is 4. The largest absolute Gasteiger partial charge is 0.328 e. The van der Waals surface area contributed by atoms with E-state index in [1.54, 1.807) is 0 Å². The van der Waals surface area contributed by atoms with E-state index in [0.717, 1.165) is 47.3 Å². The van der Waals surface area contributed by atoms with Gasteiger partial charge in [-0.1, -0.05) is 81.6 Å². The Kier molecular flexibility index (Phi) is 7.44. The van der Waals surface area contributed by atoms with Gasteiger partial charge >= 0.3 is 5.69 Å². The van der Waals surface area contributed by atoms with Crippen molar-refractivity contribution in [3.8, 4) is 22.5 Å². The zero-order valence-corrected chi connectivity index (χ0v) is 21.4. The van der Waals surface area contributed by atoms with Gasteiger partial charge in [-0.25, -0.2) is 9.89 Å². The minimum atomic E-state index is 0.131. The molecule has 2 aromatic heterocycles. The highest BCUT2D eigenvalue weighted by atomic mass is 16.1. The Morgan fingerprint density at radius 1 is 1.00 bits per heavy atom. The molecule has 2 heterocycles. The van der Waals surface area contributed by atoms with E-state index < -0.39 is 0 Å². The van der Waals surface area contributed by atoms with Gasteiger partial charge in [-0.2, -0.15) is 0 Å². The van der Waals surface area contributed by atoms with E-state index in [9.17, 15) is 4.79 Å². The molecule has 1 fully saturated rings. The van der Waals surface area contributed by atoms with Gasteiger partial charge in [-0.15, -0.1) is 5.10 Å². The number of tetrazole rings is 1. The van der Waals surface area contributed by atoms with Crippen LogP contribution in [0.25, 0.3) is 22.5 Å². The molecule has 4 aromatic rings. The fourth-order valence-electron chi connectivity index (χ4n) is 5.35. The summed E-state index contributed by atoms with van der Waals surface area (Å²) in [6.45, 7) is 5.93. The van der Waals surface area contributed by atoms with Gasteiger partial charge < -0.3 is 0 Å². The van der Waals surface area contributed by atoms with Crippen LogP contribution in [0.5, 0.6) is 0 Å². The maximum absolute atomic E-state index is 13.5. The molecular formula is C29H36N6O. The molecule has 0 atom stereocenters. The van der Waals surface area contributed by atoms with Crippen LogP contribution in [-0.2, 0) is 19.5 Å². The SMILES string of the molecule is CC(C)CCc1cn(CC2CCCCC2)c(=O)n1Cc1ccc(-c2ccccc2-c2nnn[nH]2)cc1. The quantitative estimate of drug-likeness (QED) is 0.330. The zero-order chi connectivity index (χ0) is 24.9. The summed E-state index contributed by atoms with van der Waals surface area (Å²) >= 11 is 0. The Balaban J connectivity index is 1.39. The monoisotopic (exact) mass is 484 g/mol. The Labute approximate surface area is 212 Å². The third kappa shape index (κ3) is 5.50. The topological polar surface area (TPSA) is 81.4 Å². The number of imidazole rings is 1. The van der Waals surface area contributed by atoms with Crippen LogP contribution < -0.4 is 5.69 Å². The summed E-state index contributed by atoms with van der Waals surface area (Å²) in [6.07, 6.45) is 10.6. The molecular weight excluding hydrogens is 448 g/mol. The number of rotatable bonds is 9. The maximum atomic E-state index is 13.5. The van der Waals surface area contributed by atoms with E-state index in [4.69, 9.17) is 0 Å². The molecule has 0 unspecified atom stereocenters. The Hall–Kier alpha value is -3.48. The van der Waals surface area contributed by atoms with E-state index in [1.165, 1.54) is 32.1 Å². The van der Waals surface area contributed by atoms with Crippen molar-refractivity contribution in [2.45, 2.75) is 71.9 Å². The molecule has 1 N–H and O–H groups in total. The molecule has 0 amide bonds. The van der Waals surface area contributed by atoms with Crippen molar-refractivity contribution in [3.63, 3.8) is 0 Å². The van der Waals surface area contributed by atoms with Crippen LogP contribution in [0.15, 0.2) is 59.5 Å². The Morgan fingerprint density at radius 2 is 1.75 bits per heavy atom. The number of hydrogen-bond donors (Lipinski definition) is 1. The summed E-state index contributed by atoms with van der Waals surface area (Å²) in [5.41, 5.74) is 5.52. The summed E-state index contributed by atoms with van der Waals surface area (Å²) in [7, 11) is 0. The van der Waals surface area contributed by atoms with Crippen LogP contribution in [-0.4, -0.2) is 29.8 Å². The highest BCUT2D eigenvalue weighted by Gasteiger charge is 2.18. The normalized spacial score (nSPS) is 14.5. The molecule has 7 heteroatoms. The molecule has 188 valence electrons. The number of H-pyrrole nitrogens is 1. The molecule has 1 aliphatic carbocycles. The molecule has 7 nitrogen and oxygen atoms in total. The predicted octanol–water partition coefficient (Wildman–Crippen LogP) is 5.71. The third-order valence-electron chi connectivity index (χ3n) is 7.42. The Morgan fingerprint density at radius 3 is 2.44 bits per heavy atom. The van der Waals surface area contributed by atoms with Crippen LogP contribution in [0.2, 0.25) is 0 Å². The average molecular weight is 485 g/mol. The maximum Gasteiger partial charge on any atom is 0.328 e. The van der Waals surface area contributed by atoms with E-state index in [2.05, 4.69) is 71.0 Å². The lowest BCUT2D eigenvalue weighted by atomic mass is 9.89. The summed E-state index contributed by atoms with van der Waals surface area (Å²) in [4.78, 5) is 13.5. The smallest absolute Gasteiger partial charge is 0.299 e. The fourth-order valence-corrected chi connectivity index (χ4v) is 5.35. The molecule has 36 heavy (non-hydrogen) atoms. The first-order valence-corrected chi connectivity index (χ1v) is 13.3. The van der Waals surface area contributed by atoms with Crippen LogP contribution in [0.3, 0.4) is 0 Å². The van der Waals surface area contributed by atoms with Gasteiger partial charge in [0.1, 0.15) is 0 Å². The van der Waals surface area contributed by atoms with Gasteiger partial charge in [0.15, 0.2) is 5.82 Å². The van der Waals surface area contributed by atoms with E-state index in [1.807, 2.05) is 27.3 Å². The van der Waals surface area contributed by atoms with Gasteiger partial charge in [-0.05, 0) is 64.6 Å². The van der Waals surface area contributed by atoms with Crippen molar-refractivity contribution >= 4 is 0 Å². The van der Waals surface area contributed by atoms with Crippen LogP contribution in [0.1, 0.15) is 63.6 Å². The first kappa shape index (κ1) is 24.2. The Bertz CT molecular complexity index is 1310. The standard InChI is InChI=1S/C29H36N6O/c1-21(2)12-17-25-20-34(18-22-8-4-3-5-9-22)29(36)35(25)19-23-13-15-24(16-14-23)26-10-6-7-11-27(26)28-30-32-33-31-28/h6-7,10-11,13-16,20-22H,3-5,8-9,12,17-19H2,1-2H3,(H,30,31,32,33). The molecule has 0 aliphatic heterocycles. The zero-order valence-electron chi connectivity index (χ0n) is 21.4. The number of aryl methyl sites for hydroxylation is 1. The summed E-state index contributed by atoms with van der Waals surface area (Å²) in [5, 5.41) is 14.4. The van der Waals surface area contributed by atoms with Gasteiger partial charge in [0.25, 0.3) is 0 Å². The minimum absolute atomic E-state index is 0.131. The van der Waals surface area contributed by atoms with Crippen molar-refractivity contribution in [2.75, 3.05) is 0 Å². The van der Waals surface area contributed by atoms with Gasteiger partial charge in [0, 0.05) is 24.0 Å². The van der Waals surface area contributed by atoms with Crippen molar-refractivity contribution in [2.24, 2.45) is 11.8 Å². The number of benzene rings is 2. The number of nitrogens with one attached hydrogen (secondary N) is 1. The van der Waals surface area contributed by atoms with Crippen molar-refractivity contribution in [3.05, 3.63) is 76.5 Å². The predicted molar refractivity (Wildman–Crippen MR) is 143 cm³/mol. The highest BCUT2D eigenvalue weighted by Crippen LogP contribution is 2.30. The summed E-state index contributed by atoms with van der Waals surface area (Å²) in [6, 6.07) is 16.6. The second-order valence-electron chi connectivity index (χ2n) is 10.6. The third-order valence-corrected chi connectivity index (χ3v) is 7.42. The lowest BCUT2D eigenvalue weighted by molar-refractivity contribution is 0.315. The lowest BCUT2D eigenvalue weighted by Gasteiger charge is -2.21. The second kappa shape index (κ2) is 11.1. The number of aromatic nitrogens is 6. The highest BCUT2D eigenvalue weighted by molar-refractivity contribution is 5.80. The molecule has 1 saturated carbocycles. The van der Waals surface area contributed by atoms with Crippen LogP contribution >= 0.6 is 0 Å². The second-order valence-corrected chi connectivity index (χ2v) is 10.6. The van der Waals surface area contributed by atoms with E-state index in [-0.39, 0.29) is 5.69 Å². The number of aromatic amines is 1.